The first-order valence-electron chi connectivity index (χ1n) is 4.30. The average molecular weight is 180 g/mol. The summed E-state index contributed by atoms with van der Waals surface area (Å²) in [5, 5.41) is 4.11. The van der Waals surface area contributed by atoms with Crippen molar-refractivity contribution >= 4 is 0 Å². The lowest BCUT2D eigenvalue weighted by molar-refractivity contribution is 0.117. The molecule has 0 atom stereocenters. The zero-order valence-corrected chi connectivity index (χ0v) is 7.35. The van der Waals surface area contributed by atoms with Crippen LogP contribution in [0.1, 0.15) is 0 Å². The number of hydrogen-bond donors (Lipinski definition) is 0. The zero-order valence-electron chi connectivity index (χ0n) is 7.35. The van der Waals surface area contributed by atoms with E-state index in [0.717, 1.165) is 12.1 Å². The van der Waals surface area contributed by atoms with Gasteiger partial charge in [0.05, 0.1) is 26.0 Å². The van der Waals surface area contributed by atoms with Crippen molar-refractivity contribution < 1.29 is 9.47 Å². The zero-order chi connectivity index (χ0) is 8.93. The minimum Gasteiger partial charge on any atom is -0.499 e. The summed E-state index contributed by atoms with van der Waals surface area (Å²) in [7, 11) is 0. The van der Waals surface area contributed by atoms with E-state index in [2.05, 4.69) is 5.10 Å². The van der Waals surface area contributed by atoms with Crippen molar-refractivity contribution in [2.75, 3.05) is 19.8 Å². The molecule has 2 rings (SSSR count). The van der Waals surface area contributed by atoms with Gasteiger partial charge in [0.1, 0.15) is 6.61 Å². The lowest BCUT2D eigenvalue weighted by Crippen LogP contribution is -2.06. The smallest absolute Gasteiger partial charge is 0.111 e. The molecule has 0 unspecified atom stereocenters. The molecule has 1 aliphatic heterocycles. The molecule has 0 amide bonds. The molecule has 1 aromatic heterocycles. The summed E-state index contributed by atoms with van der Waals surface area (Å²) in [5.41, 5.74) is 1.11. The summed E-state index contributed by atoms with van der Waals surface area (Å²) >= 11 is 0. The molecular formula is C9H12N2O2. The van der Waals surface area contributed by atoms with Crippen molar-refractivity contribution in [3.8, 4) is 0 Å². The van der Waals surface area contributed by atoms with E-state index in [1.807, 2.05) is 16.9 Å². The number of nitrogens with zero attached hydrogens (tertiary/aromatic N) is 2. The van der Waals surface area contributed by atoms with Crippen molar-refractivity contribution in [1.82, 2.24) is 9.78 Å². The molecule has 4 heteroatoms. The van der Waals surface area contributed by atoms with E-state index in [0.29, 0.717) is 19.8 Å². The van der Waals surface area contributed by atoms with Crippen LogP contribution in [-0.2, 0) is 16.0 Å². The van der Waals surface area contributed by atoms with Gasteiger partial charge in [0, 0.05) is 18.0 Å². The van der Waals surface area contributed by atoms with Crippen molar-refractivity contribution in [1.29, 1.82) is 0 Å². The number of ether oxygens (including phenoxy) is 2. The first kappa shape index (κ1) is 8.31. The molecule has 0 fully saturated rings. The molecule has 0 aromatic carbocycles. The second-order valence-electron chi connectivity index (χ2n) is 2.90. The summed E-state index contributed by atoms with van der Waals surface area (Å²) in [6, 6.07) is 1.90. The number of hydrogen-bond acceptors (Lipinski definition) is 3. The largest absolute Gasteiger partial charge is 0.499 e. The maximum atomic E-state index is 5.32. The predicted molar refractivity (Wildman–Crippen MR) is 47.1 cm³/mol. The highest BCUT2D eigenvalue weighted by Gasteiger charge is 2.03. The van der Waals surface area contributed by atoms with Crippen LogP contribution in [0.4, 0.5) is 0 Å². The third kappa shape index (κ3) is 2.32. The van der Waals surface area contributed by atoms with Gasteiger partial charge in [-0.05, 0) is 6.07 Å². The molecule has 4 nitrogen and oxygen atoms in total. The summed E-state index contributed by atoms with van der Waals surface area (Å²) in [4.78, 5) is 0. The number of rotatable bonds is 2. The van der Waals surface area contributed by atoms with Gasteiger partial charge in [0.2, 0.25) is 0 Å². The Kier molecular flexibility index (Phi) is 2.62. The van der Waals surface area contributed by atoms with Gasteiger partial charge in [-0.3, -0.25) is 4.68 Å². The van der Waals surface area contributed by atoms with Gasteiger partial charge < -0.3 is 9.47 Å². The van der Waals surface area contributed by atoms with Gasteiger partial charge >= 0.3 is 0 Å². The van der Waals surface area contributed by atoms with E-state index >= 15 is 0 Å². The van der Waals surface area contributed by atoms with Crippen LogP contribution in [0.15, 0.2) is 30.3 Å². The Morgan fingerprint density at radius 1 is 1.46 bits per heavy atom. The normalized spacial score (nSPS) is 17.4. The molecule has 2 heterocycles. The molecule has 0 N–H and O–H groups in total. The van der Waals surface area contributed by atoms with Crippen LogP contribution in [0.3, 0.4) is 0 Å². The van der Waals surface area contributed by atoms with Gasteiger partial charge in [0.15, 0.2) is 0 Å². The van der Waals surface area contributed by atoms with Crippen molar-refractivity contribution in [2.24, 2.45) is 0 Å². The molecule has 0 bridgehead atoms. The Bertz CT molecular complexity index is 280. The standard InChI is InChI=1S/C9H12N2O2/c1-2-10-11(3-1)6-9-7-12-4-5-13-8-9/h1-3,7H,4-6,8H2. The van der Waals surface area contributed by atoms with E-state index in [9.17, 15) is 0 Å². The maximum absolute atomic E-state index is 5.32. The van der Waals surface area contributed by atoms with Crippen molar-refractivity contribution in [2.45, 2.75) is 6.54 Å². The Morgan fingerprint density at radius 2 is 2.46 bits per heavy atom. The lowest BCUT2D eigenvalue weighted by Gasteiger charge is -2.03. The fraction of sp³-hybridized carbons (Fsp3) is 0.444. The summed E-state index contributed by atoms with van der Waals surface area (Å²) in [6.07, 6.45) is 5.46. The molecule has 0 aliphatic carbocycles. The molecule has 13 heavy (non-hydrogen) atoms. The van der Waals surface area contributed by atoms with Gasteiger partial charge in [-0.1, -0.05) is 0 Å². The quantitative estimate of drug-likeness (QED) is 0.675. The minimum absolute atomic E-state index is 0.639. The molecule has 1 aliphatic rings. The van der Waals surface area contributed by atoms with Crippen LogP contribution in [0.5, 0.6) is 0 Å². The van der Waals surface area contributed by atoms with Gasteiger partial charge in [-0.2, -0.15) is 5.10 Å². The molecular weight excluding hydrogens is 168 g/mol. The number of aromatic nitrogens is 2. The monoisotopic (exact) mass is 180 g/mol. The third-order valence-electron chi connectivity index (χ3n) is 1.81. The van der Waals surface area contributed by atoms with Crippen LogP contribution in [0, 0.1) is 0 Å². The Labute approximate surface area is 76.8 Å². The first-order chi connectivity index (χ1) is 6.45. The topological polar surface area (TPSA) is 36.3 Å². The van der Waals surface area contributed by atoms with E-state index in [1.165, 1.54) is 0 Å². The SMILES string of the molecule is C1=C(Cn2cccn2)COCCO1. The molecule has 0 radical (unpaired) electrons. The third-order valence-corrected chi connectivity index (χ3v) is 1.81. The average Bonchev–Trinajstić information content (AvgIpc) is 2.49. The predicted octanol–water partition coefficient (Wildman–Crippen LogP) is 0.814. The highest BCUT2D eigenvalue weighted by Crippen LogP contribution is 2.03. The van der Waals surface area contributed by atoms with E-state index in [4.69, 9.17) is 9.47 Å². The maximum Gasteiger partial charge on any atom is 0.111 e. The lowest BCUT2D eigenvalue weighted by atomic mass is 10.3. The van der Waals surface area contributed by atoms with Crippen LogP contribution in [-0.4, -0.2) is 29.6 Å². The summed E-state index contributed by atoms with van der Waals surface area (Å²) < 4.78 is 12.4. The van der Waals surface area contributed by atoms with Crippen LogP contribution >= 0.6 is 0 Å². The molecule has 0 saturated heterocycles. The highest BCUT2D eigenvalue weighted by atomic mass is 16.5. The highest BCUT2D eigenvalue weighted by molar-refractivity contribution is 5.00. The van der Waals surface area contributed by atoms with Crippen LogP contribution in [0.2, 0.25) is 0 Å². The van der Waals surface area contributed by atoms with Gasteiger partial charge in [-0.25, -0.2) is 0 Å². The molecule has 1 aromatic rings. The molecule has 0 spiro atoms. The van der Waals surface area contributed by atoms with Gasteiger partial charge in [0.25, 0.3) is 0 Å². The fourth-order valence-electron chi connectivity index (χ4n) is 1.21. The Hall–Kier alpha value is -1.29. The summed E-state index contributed by atoms with van der Waals surface area (Å²) in [5.74, 6) is 0. The molecule has 70 valence electrons. The molecule has 0 saturated carbocycles. The first-order valence-corrected chi connectivity index (χ1v) is 4.30. The van der Waals surface area contributed by atoms with E-state index in [1.54, 1.807) is 12.5 Å². The second kappa shape index (κ2) is 4.09. The van der Waals surface area contributed by atoms with Crippen LogP contribution < -0.4 is 0 Å². The Morgan fingerprint density at radius 3 is 3.31 bits per heavy atom. The van der Waals surface area contributed by atoms with E-state index < -0.39 is 0 Å². The second-order valence-corrected chi connectivity index (χ2v) is 2.90. The Balaban J connectivity index is 1.96. The van der Waals surface area contributed by atoms with Crippen LogP contribution in [0.25, 0.3) is 0 Å². The summed E-state index contributed by atoms with van der Waals surface area (Å²) in [6.45, 7) is 2.69. The van der Waals surface area contributed by atoms with Crippen molar-refractivity contribution in [3.05, 3.63) is 30.3 Å². The van der Waals surface area contributed by atoms with E-state index in [-0.39, 0.29) is 0 Å². The van der Waals surface area contributed by atoms with Gasteiger partial charge in [-0.15, -0.1) is 0 Å². The van der Waals surface area contributed by atoms with Crippen molar-refractivity contribution in [3.63, 3.8) is 0 Å². The minimum atomic E-state index is 0.639. The fourth-order valence-corrected chi connectivity index (χ4v) is 1.21.